The van der Waals surface area contributed by atoms with Gasteiger partial charge in [-0.1, -0.05) is 25.6 Å². The van der Waals surface area contributed by atoms with E-state index in [1.54, 1.807) is 12.1 Å². The Morgan fingerprint density at radius 2 is 2.26 bits per heavy atom. The van der Waals surface area contributed by atoms with Crippen molar-refractivity contribution in [3.63, 3.8) is 0 Å². The Hall–Kier alpha value is -0.980. The lowest BCUT2D eigenvalue weighted by Crippen LogP contribution is -2.19. The summed E-state index contributed by atoms with van der Waals surface area (Å²) in [5, 5.41) is 3.34. The van der Waals surface area contributed by atoms with Crippen LogP contribution in [0.4, 0.5) is 4.39 Å². The molecule has 2 aromatic rings. The molecule has 0 saturated heterocycles. The lowest BCUT2D eigenvalue weighted by molar-refractivity contribution is 0.547. The lowest BCUT2D eigenvalue weighted by Gasteiger charge is -2.11. The van der Waals surface area contributed by atoms with Crippen molar-refractivity contribution in [2.24, 2.45) is 5.92 Å². The molecule has 102 valence electrons. The van der Waals surface area contributed by atoms with Crippen molar-refractivity contribution in [1.29, 1.82) is 0 Å². The third kappa shape index (κ3) is 4.56. The Morgan fingerprint density at radius 3 is 2.95 bits per heavy atom. The van der Waals surface area contributed by atoms with Gasteiger partial charge in [0, 0.05) is 11.4 Å². The van der Waals surface area contributed by atoms with E-state index in [9.17, 15) is 4.39 Å². The van der Waals surface area contributed by atoms with Gasteiger partial charge in [0.2, 0.25) is 0 Å². The first-order chi connectivity index (χ1) is 9.15. The number of benzene rings is 1. The van der Waals surface area contributed by atoms with E-state index in [0.29, 0.717) is 12.5 Å². The molecule has 0 atom stereocenters. The van der Waals surface area contributed by atoms with Crippen molar-refractivity contribution in [1.82, 2.24) is 14.7 Å². The van der Waals surface area contributed by atoms with Gasteiger partial charge in [-0.25, -0.2) is 9.37 Å². The van der Waals surface area contributed by atoms with Crippen molar-refractivity contribution in [3.05, 3.63) is 35.9 Å². The summed E-state index contributed by atoms with van der Waals surface area (Å²) in [5.41, 5.74) is 0.959. The quantitative estimate of drug-likeness (QED) is 0.884. The first-order valence-electron chi connectivity index (χ1n) is 6.09. The van der Waals surface area contributed by atoms with Crippen molar-refractivity contribution < 1.29 is 4.39 Å². The Bertz CT molecular complexity index is 515. The maximum atomic E-state index is 13.3. The SMILES string of the molecule is CC(C)CNCc1cc(F)ccc1Sc1ncns1. The zero-order chi connectivity index (χ0) is 13.7. The minimum Gasteiger partial charge on any atom is -0.312 e. The molecule has 1 aromatic heterocycles. The van der Waals surface area contributed by atoms with Crippen LogP contribution < -0.4 is 5.32 Å². The van der Waals surface area contributed by atoms with Gasteiger partial charge in [0.1, 0.15) is 12.1 Å². The van der Waals surface area contributed by atoms with Gasteiger partial charge in [-0.05, 0) is 47.8 Å². The number of hydrogen-bond acceptors (Lipinski definition) is 5. The summed E-state index contributed by atoms with van der Waals surface area (Å²) in [6, 6.07) is 4.86. The van der Waals surface area contributed by atoms with E-state index in [4.69, 9.17) is 0 Å². The number of rotatable bonds is 6. The van der Waals surface area contributed by atoms with Crippen molar-refractivity contribution in [2.75, 3.05) is 6.54 Å². The Kier molecular flexibility index (Phi) is 5.30. The van der Waals surface area contributed by atoms with Crippen LogP contribution in [0.1, 0.15) is 19.4 Å². The summed E-state index contributed by atoms with van der Waals surface area (Å²) in [6.07, 6.45) is 1.53. The van der Waals surface area contributed by atoms with Crippen LogP contribution in [0.3, 0.4) is 0 Å². The van der Waals surface area contributed by atoms with Crippen molar-refractivity contribution in [2.45, 2.75) is 29.6 Å². The summed E-state index contributed by atoms with van der Waals surface area (Å²) < 4.78 is 18.2. The third-order valence-electron chi connectivity index (χ3n) is 2.43. The van der Waals surface area contributed by atoms with Crippen LogP contribution in [-0.2, 0) is 6.54 Å². The molecule has 0 fully saturated rings. The largest absolute Gasteiger partial charge is 0.312 e. The van der Waals surface area contributed by atoms with Crippen molar-refractivity contribution >= 4 is 23.3 Å². The first-order valence-corrected chi connectivity index (χ1v) is 7.68. The summed E-state index contributed by atoms with van der Waals surface area (Å²) in [5.74, 6) is 0.371. The second-order valence-electron chi connectivity index (χ2n) is 4.59. The predicted octanol–water partition coefficient (Wildman–Crippen LogP) is 3.57. The van der Waals surface area contributed by atoms with Gasteiger partial charge >= 0.3 is 0 Å². The Morgan fingerprint density at radius 1 is 1.42 bits per heavy atom. The van der Waals surface area contributed by atoms with Gasteiger partial charge in [0.15, 0.2) is 4.34 Å². The summed E-state index contributed by atoms with van der Waals surface area (Å²) in [7, 11) is 0. The molecule has 0 aliphatic heterocycles. The fourth-order valence-electron chi connectivity index (χ4n) is 1.58. The maximum Gasteiger partial charge on any atom is 0.174 e. The van der Waals surface area contributed by atoms with E-state index in [1.165, 1.54) is 35.7 Å². The molecular formula is C13H16FN3S2. The third-order valence-corrected chi connectivity index (χ3v) is 4.26. The highest BCUT2D eigenvalue weighted by Crippen LogP contribution is 2.31. The monoisotopic (exact) mass is 297 g/mol. The van der Waals surface area contributed by atoms with Gasteiger partial charge in [0.25, 0.3) is 0 Å². The molecule has 19 heavy (non-hydrogen) atoms. The molecule has 6 heteroatoms. The van der Waals surface area contributed by atoms with Crippen LogP contribution in [0.5, 0.6) is 0 Å². The molecule has 0 amide bonds. The van der Waals surface area contributed by atoms with E-state index >= 15 is 0 Å². The molecule has 3 nitrogen and oxygen atoms in total. The highest BCUT2D eigenvalue weighted by Gasteiger charge is 2.08. The molecule has 0 aliphatic carbocycles. The normalized spacial score (nSPS) is 11.2. The highest BCUT2D eigenvalue weighted by molar-refractivity contribution is 8.01. The van der Waals surface area contributed by atoms with E-state index in [-0.39, 0.29) is 5.82 Å². The molecular weight excluding hydrogens is 281 g/mol. The number of hydrogen-bond donors (Lipinski definition) is 1. The molecule has 1 aromatic carbocycles. The fraction of sp³-hybridized carbons (Fsp3) is 0.385. The van der Waals surface area contributed by atoms with Gasteiger partial charge < -0.3 is 5.32 Å². The number of aromatic nitrogens is 2. The molecule has 0 bridgehead atoms. The van der Waals surface area contributed by atoms with Crippen LogP contribution in [0.2, 0.25) is 0 Å². The summed E-state index contributed by atoms with van der Waals surface area (Å²) in [4.78, 5) is 5.16. The van der Waals surface area contributed by atoms with Crippen LogP contribution >= 0.6 is 23.3 Å². The Labute approximate surface area is 120 Å². The molecule has 0 radical (unpaired) electrons. The molecule has 2 rings (SSSR count). The first kappa shape index (κ1) is 14.4. The zero-order valence-corrected chi connectivity index (χ0v) is 12.5. The Balaban J connectivity index is 2.08. The number of nitrogens with zero attached hydrogens (tertiary/aromatic N) is 2. The topological polar surface area (TPSA) is 37.8 Å². The fourth-order valence-corrected chi connectivity index (χ4v) is 3.10. The van der Waals surface area contributed by atoms with Crippen LogP contribution in [0.25, 0.3) is 0 Å². The molecule has 0 unspecified atom stereocenters. The average Bonchev–Trinajstić information content (AvgIpc) is 2.85. The minimum absolute atomic E-state index is 0.206. The standard InChI is InChI=1S/C13H16FN3S2/c1-9(2)6-15-7-10-5-11(14)3-4-12(10)18-13-16-8-17-19-13/h3-5,8-9,15H,6-7H2,1-2H3. The van der Waals surface area contributed by atoms with Crippen molar-refractivity contribution in [3.8, 4) is 0 Å². The number of halogens is 1. The predicted molar refractivity (Wildman–Crippen MR) is 77.0 cm³/mol. The van der Waals surface area contributed by atoms with E-state index in [2.05, 4.69) is 28.5 Å². The van der Waals surface area contributed by atoms with Gasteiger partial charge in [-0.15, -0.1) is 0 Å². The average molecular weight is 297 g/mol. The highest BCUT2D eigenvalue weighted by atomic mass is 32.2. The second kappa shape index (κ2) is 6.98. The zero-order valence-electron chi connectivity index (χ0n) is 10.9. The minimum atomic E-state index is -0.206. The molecule has 0 spiro atoms. The lowest BCUT2D eigenvalue weighted by atomic mass is 10.2. The van der Waals surface area contributed by atoms with E-state index in [0.717, 1.165) is 21.3 Å². The smallest absolute Gasteiger partial charge is 0.174 e. The van der Waals surface area contributed by atoms with Gasteiger partial charge in [-0.2, -0.15) is 4.37 Å². The summed E-state index contributed by atoms with van der Waals surface area (Å²) in [6.45, 7) is 5.88. The van der Waals surface area contributed by atoms with Crippen LogP contribution in [0.15, 0.2) is 33.8 Å². The van der Waals surface area contributed by atoms with E-state index < -0.39 is 0 Å². The maximum absolute atomic E-state index is 13.3. The molecule has 0 saturated carbocycles. The molecule has 0 aliphatic rings. The number of nitrogens with one attached hydrogen (secondary N) is 1. The van der Waals surface area contributed by atoms with E-state index in [1.807, 2.05) is 0 Å². The molecule has 1 N–H and O–H groups in total. The second-order valence-corrected chi connectivity index (χ2v) is 6.66. The molecule has 1 heterocycles. The summed E-state index contributed by atoms with van der Waals surface area (Å²) >= 11 is 2.87. The van der Waals surface area contributed by atoms with Gasteiger partial charge in [-0.3, -0.25) is 0 Å². The van der Waals surface area contributed by atoms with Gasteiger partial charge in [0.05, 0.1) is 0 Å². The van der Waals surface area contributed by atoms with Crippen LogP contribution in [0, 0.1) is 11.7 Å². The van der Waals surface area contributed by atoms with Crippen LogP contribution in [-0.4, -0.2) is 15.9 Å².